The molecule has 4 aromatic rings. The third-order valence-electron chi connectivity index (χ3n) is 5.20. The van der Waals surface area contributed by atoms with Crippen molar-refractivity contribution in [3.8, 4) is 17.4 Å². The number of hydrogen-bond donors (Lipinski definition) is 1. The van der Waals surface area contributed by atoms with Gasteiger partial charge in [-0.3, -0.25) is 4.79 Å². The first-order chi connectivity index (χ1) is 15.7. The summed E-state index contributed by atoms with van der Waals surface area (Å²) in [4.78, 5) is 12.6. The minimum Gasteiger partial charge on any atom is -0.438 e. The highest BCUT2D eigenvalue weighted by Crippen LogP contribution is 2.24. The Morgan fingerprint density at radius 1 is 0.909 bits per heavy atom. The number of aryl methyl sites for hydroxylation is 2. The molecule has 0 fully saturated rings. The Balaban J connectivity index is 1.38. The lowest BCUT2D eigenvalue weighted by molar-refractivity contribution is 0.102. The van der Waals surface area contributed by atoms with Crippen molar-refractivity contribution in [2.75, 3.05) is 5.32 Å². The molecule has 0 aliphatic rings. The van der Waals surface area contributed by atoms with Crippen LogP contribution in [0.15, 0.2) is 66.7 Å². The zero-order valence-electron chi connectivity index (χ0n) is 19.5. The Morgan fingerprint density at radius 2 is 1.61 bits per heavy atom. The van der Waals surface area contributed by atoms with E-state index in [0.29, 0.717) is 28.7 Å². The second kappa shape index (κ2) is 8.86. The van der Waals surface area contributed by atoms with Crippen molar-refractivity contribution in [3.05, 3.63) is 89.2 Å². The minimum atomic E-state index is -0.158. The number of nitrogens with zero attached hydrogens (tertiary/aromatic N) is 4. The smallest absolute Gasteiger partial charge is 0.255 e. The number of carbonyl (C=O) groups excluding carboxylic acids is 1. The molecule has 0 aliphatic heterocycles. The number of aromatic nitrogens is 4. The van der Waals surface area contributed by atoms with Crippen LogP contribution in [-0.4, -0.2) is 25.9 Å². The molecule has 33 heavy (non-hydrogen) atoms. The van der Waals surface area contributed by atoms with E-state index in [1.54, 1.807) is 41.1 Å². The van der Waals surface area contributed by atoms with E-state index >= 15 is 0 Å². The van der Waals surface area contributed by atoms with Crippen LogP contribution in [0.3, 0.4) is 0 Å². The average molecular weight is 442 g/mol. The van der Waals surface area contributed by atoms with E-state index in [4.69, 9.17) is 4.74 Å². The van der Waals surface area contributed by atoms with Crippen LogP contribution in [0, 0.1) is 13.8 Å². The van der Waals surface area contributed by atoms with Crippen LogP contribution in [0.25, 0.3) is 5.82 Å². The van der Waals surface area contributed by atoms with E-state index < -0.39 is 0 Å². The molecule has 2 aromatic heterocycles. The molecular weight excluding hydrogens is 414 g/mol. The Bertz CT molecular complexity index is 1250. The molecule has 0 atom stereocenters. The zero-order valence-corrected chi connectivity index (χ0v) is 19.5. The predicted molar refractivity (Wildman–Crippen MR) is 128 cm³/mol. The molecule has 168 valence electrons. The van der Waals surface area contributed by atoms with Crippen molar-refractivity contribution in [1.82, 2.24) is 20.0 Å². The van der Waals surface area contributed by atoms with Gasteiger partial charge >= 0.3 is 0 Å². The molecule has 0 radical (unpaired) electrons. The molecule has 7 nitrogen and oxygen atoms in total. The van der Waals surface area contributed by atoms with Crippen LogP contribution < -0.4 is 10.1 Å². The summed E-state index contributed by atoms with van der Waals surface area (Å²) in [6.07, 6.45) is 0. The summed E-state index contributed by atoms with van der Waals surface area (Å²) in [7, 11) is 0. The monoisotopic (exact) mass is 441 g/mol. The lowest BCUT2D eigenvalue weighted by atomic mass is 9.87. The van der Waals surface area contributed by atoms with Gasteiger partial charge in [0.1, 0.15) is 5.75 Å². The lowest BCUT2D eigenvalue weighted by Gasteiger charge is -2.19. The van der Waals surface area contributed by atoms with Crippen LogP contribution in [0.2, 0.25) is 0 Å². The highest BCUT2D eigenvalue weighted by atomic mass is 16.5. The van der Waals surface area contributed by atoms with Crippen LogP contribution in [0.1, 0.15) is 48.1 Å². The van der Waals surface area contributed by atoms with Crippen molar-refractivity contribution >= 4 is 11.6 Å². The van der Waals surface area contributed by atoms with E-state index in [1.165, 1.54) is 5.56 Å². The van der Waals surface area contributed by atoms with Crippen molar-refractivity contribution < 1.29 is 9.53 Å². The minimum absolute atomic E-state index is 0.0483. The Kier molecular flexibility index (Phi) is 5.96. The molecule has 2 heterocycles. The van der Waals surface area contributed by atoms with Gasteiger partial charge in [0.15, 0.2) is 5.82 Å². The largest absolute Gasteiger partial charge is 0.438 e. The molecular formula is C26H27N5O2. The van der Waals surface area contributed by atoms with Crippen LogP contribution in [-0.2, 0) is 5.41 Å². The van der Waals surface area contributed by atoms with Gasteiger partial charge < -0.3 is 10.1 Å². The molecule has 7 heteroatoms. The number of anilines is 1. The lowest BCUT2D eigenvalue weighted by Crippen LogP contribution is -2.14. The van der Waals surface area contributed by atoms with Crippen molar-refractivity contribution in [1.29, 1.82) is 0 Å². The molecule has 0 saturated heterocycles. The summed E-state index contributed by atoms with van der Waals surface area (Å²) in [6, 6.07) is 20.3. The number of carbonyl (C=O) groups is 1. The second-order valence-electron chi connectivity index (χ2n) is 8.98. The van der Waals surface area contributed by atoms with E-state index in [-0.39, 0.29) is 11.3 Å². The average Bonchev–Trinajstić information content (AvgIpc) is 3.13. The molecule has 0 saturated carbocycles. The fourth-order valence-electron chi connectivity index (χ4n) is 3.39. The molecule has 0 unspecified atom stereocenters. The van der Waals surface area contributed by atoms with Crippen molar-refractivity contribution in [2.24, 2.45) is 0 Å². The highest BCUT2D eigenvalue weighted by molar-refractivity contribution is 6.04. The number of hydrogen-bond acceptors (Lipinski definition) is 5. The van der Waals surface area contributed by atoms with Gasteiger partial charge in [-0.15, -0.1) is 10.2 Å². The Hall–Kier alpha value is -4.00. The molecule has 1 N–H and O–H groups in total. The van der Waals surface area contributed by atoms with Crippen molar-refractivity contribution in [2.45, 2.75) is 40.0 Å². The van der Waals surface area contributed by atoms with Gasteiger partial charge in [0.25, 0.3) is 5.91 Å². The van der Waals surface area contributed by atoms with E-state index in [2.05, 4.69) is 41.4 Å². The number of nitrogens with one attached hydrogen (secondary N) is 1. The first-order valence-corrected chi connectivity index (χ1v) is 10.8. The van der Waals surface area contributed by atoms with E-state index in [0.717, 1.165) is 11.4 Å². The predicted octanol–water partition coefficient (Wildman–Crippen LogP) is 5.62. The van der Waals surface area contributed by atoms with Gasteiger partial charge in [-0.25, -0.2) is 4.68 Å². The van der Waals surface area contributed by atoms with Gasteiger partial charge in [0, 0.05) is 23.0 Å². The molecule has 0 spiro atoms. The number of ether oxygens (including phenoxy) is 1. The summed E-state index contributed by atoms with van der Waals surface area (Å²) in [5, 5.41) is 15.6. The third-order valence-corrected chi connectivity index (χ3v) is 5.20. The molecule has 4 rings (SSSR count). The number of benzene rings is 2. The third kappa shape index (κ3) is 5.26. The fourth-order valence-corrected chi connectivity index (χ4v) is 3.39. The van der Waals surface area contributed by atoms with E-state index in [9.17, 15) is 4.79 Å². The molecule has 0 bridgehead atoms. The summed E-state index contributed by atoms with van der Waals surface area (Å²) in [5.74, 6) is 1.43. The first kappa shape index (κ1) is 22.2. The van der Waals surface area contributed by atoms with Crippen LogP contribution in [0.5, 0.6) is 11.6 Å². The summed E-state index contributed by atoms with van der Waals surface area (Å²) >= 11 is 0. The summed E-state index contributed by atoms with van der Waals surface area (Å²) in [6.45, 7) is 10.3. The highest BCUT2D eigenvalue weighted by Gasteiger charge is 2.14. The molecule has 0 aliphatic carbocycles. The summed E-state index contributed by atoms with van der Waals surface area (Å²) < 4.78 is 7.51. The normalized spacial score (nSPS) is 11.3. The quantitative estimate of drug-likeness (QED) is 0.435. The molecule has 2 aromatic carbocycles. The summed E-state index contributed by atoms with van der Waals surface area (Å²) in [5.41, 5.74) is 4.43. The Morgan fingerprint density at radius 3 is 2.15 bits per heavy atom. The molecule has 1 amide bonds. The van der Waals surface area contributed by atoms with Crippen LogP contribution in [0.4, 0.5) is 5.69 Å². The maximum Gasteiger partial charge on any atom is 0.255 e. The van der Waals surface area contributed by atoms with Gasteiger partial charge in [-0.2, -0.15) is 5.10 Å². The SMILES string of the molecule is Cc1cc(C)n(-c2ccc(Oc3ccc(NC(=O)c4ccc(C(C)(C)C)cc4)cc3)nn2)n1. The van der Waals surface area contributed by atoms with Crippen molar-refractivity contribution in [3.63, 3.8) is 0 Å². The number of rotatable bonds is 5. The Labute approximate surface area is 193 Å². The fraction of sp³-hybridized carbons (Fsp3) is 0.231. The number of amides is 1. The standard InChI is InChI=1S/C26H27N5O2/c1-17-16-18(2)31(30-17)23-14-15-24(29-28-23)33-22-12-10-21(11-13-22)27-25(32)19-6-8-20(9-7-19)26(3,4)5/h6-16H,1-5H3,(H,27,32). The topological polar surface area (TPSA) is 81.9 Å². The van der Waals surface area contributed by atoms with Crippen LogP contribution >= 0.6 is 0 Å². The van der Waals surface area contributed by atoms with Gasteiger partial charge in [-0.05, 0) is 73.4 Å². The van der Waals surface area contributed by atoms with Gasteiger partial charge in [-0.1, -0.05) is 32.9 Å². The maximum atomic E-state index is 12.6. The zero-order chi connectivity index (χ0) is 23.6. The van der Waals surface area contributed by atoms with E-state index in [1.807, 2.05) is 44.2 Å². The van der Waals surface area contributed by atoms with Gasteiger partial charge in [0.05, 0.1) is 5.69 Å². The van der Waals surface area contributed by atoms with Gasteiger partial charge in [0.2, 0.25) is 5.88 Å². The second-order valence-corrected chi connectivity index (χ2v) is 8.98. The maximum absolute atomic E-state index is 12.6. The first-order valence-electron chi connectivity index (χ1n) is 10.8.